The predicted molar refractivity (Wildman–Crippen MR) is 70.5 cm³/mol. The molecule has 3 heteroatoms. The Balaban J connectivity index is 1.35. The van der Waals surface area contributed by atoms with Gasteiger partial charge in [0.05, 0.1) is 12.2 Å². The van der Waals surface area contributed by atoms with Gasteiger partial charge in [0.15, 0.2) is 0 Å². The molecule has 0 unspecified atom stereocenters. The van der Waals surface area contributed by atoms with Crippen LogP contribution in [0.4, 0.5) is 0 Å². The molecule has 3 aliphatic heterocycles. The Labute approximate surface area is 108 Å². The minimum Gasteiger partial charge on any atom is -0.372 e. The number of fused-ring (bicyclic) bond motifs is 1. The fourth-order valence-electron chi connectivity index (χ4n) is 3.50. The first-order chi connectivity index (χ1) is 8.83. The van der Waals surface area contributed by atoms with Gasteiger partial charge in [-0.2, -0.15) is 0 Å². The number of benzene rings is 1. The Morgan fingerprint density at radius 2 is 2.06 bits per heavy atom. The van der Waals surface area contributed by atoms with Crippen LogP contribution in [0.25, 0.3) is 0 Å². The van der Waals surface area contributed by atoms with E-state index in [2.05, 4.69) is 34.5 Å². The number of likely N-dealkylation sites (tertiary alicyclic amines) is 1. The van der Waals surface area contributed by atoms with Gasteiger partial charge in [0.25, 0.3) is 0 Å². The quantitative estimate of drug-likeness (QED) is 0.845. The van der Waals surface area contributed by atoms with Crippen molar-refractivity contribution < 1.29 is 4.74 Å². The van der Waals surface area contributed by atoms with Gasteiger partial charge in [-0.15, -0.1) is 0 Å². The zero-order chi connectivity index (χ0) is 12.0. The highest BCUT2D eigenvalue weighted by atomic mass is 16.5. The summed E-state index contributed by atoms with van der Waals surface area (Å²) in [6, 6.07) is 9.41. The lowest BCUT2D eigenvalue weighted by atomic mass is 9.85. The highest BCUT2D eigenvalue weighted by Gasteiger charge is 2.49. The van der Waals surface area contributed by atoms with E-state index in [1.807, 2.05) is 0 Å². The molecule has 0 radical (unpaired) electrons. The Hall–Kier alpha value is -0.900. The van der Waals surface area contributed by atoms with Crippen LogP contribution in [0.5, 0.6) is 0 Å². The van der Waals surface area contributed by atoms with E-state index in [0.717, 1.165) is 26.2 Å². The maximum Gasteiger partial charge on any atom is 0.0956 e. The van der Waals surface area contributed by atoms with Crippen molar-refractivity contribution in [1.82, 2.24) is 10.2 Å². The third-order valence-corrected chi connectivity index (χ3v) is 4.63. The van der Waals surface area contributed by atoms with Crippen molar-refractivity contribution in [2.45, 2.75) is 31.0 Å². The Morgan fingerprint density at radius 1 is 1.28 bits per heavy atom. The van der Waals surface area contributed by atoms with Crippen molar-refractivity contribution in [2.24, 2.45) is 0 Å². The number of nitrogens with one attached hydrogen (secondary N) is 1. The number of rotatable bonds is 2. The molecular formula is C15H20N2O. The molecule has 0 amide bonds. The smallest absolute Gasteiger partial charge is 0.0956 e. The van der Waals surface area contributed by atoms with Crippen LogP contribution in [-0.4, -0.2) is 42.8 Å². The van der Waals surface area contributed by atoms with E-state index in [9.17, 15) is 0 Å². The topological polar surface area (TPSA) is 24.5 Å². The molecule has 1 aromatic carbocycles. The third-order valence-electron chi connectivity index (χ3n) is 4.63. The fourth-order valence-corrected chi connectivity index (χ4v) is 3.50. The maximum atomic E-state index is 5.67. The summed E-state index contributed by atoms with van der Waals surface area (Å²) in [6.07, 6.45) is 2.44. The zero-order valence-corrected chi connectivity index (χ0v) is 10.7. The summed E-state index contributed by atoms with van der Waals surface area (Å²) in [7, 11) is 0. The first-order valence-corrected chi connectivity index (χ1v) is 7.00. The molecule has 96 valence electrons. The first-order valence-electron chi connectivity index (χ1n) is 7.00. The molecule has 0 aromatic heterocycles. The minimum atomic E-state index is 0.270. The summed E-state index contributed by atoms with van der Waals surface area (Å²) in [5, 5.41) is 3.66. The molecule has 0 bridgehead atoms. The van der Waals surface area contributed by atoms with Crippen LogP contribution < -0.4 is 5.32 Å². The Bertz CT molecular complexity index is 448. The Morgan fingerprint density at radius 3 is 2.78 bits per heavy atom. The summed E-state index contributed by atoms with van der Waals surface area (Å²) >= 11 is 0. The maximum absolute atomic E-state index is 5.67. The molecule has 1 N–H and O–H groups in total. The Kier molecular flexibility index (Phi) is 2.47. The van der Waals surface area contributed by atoms with E-state index in [1.165, 1.54) is 30.5 Å². The van der Waals surface area contributed by atoms with Gasteiger partial charge in [0, 0.05) is 38.6 Å². The van der Waals surface area contributed by atoms with Crippen LogP contribution >= 0.6 is 0 Å². The lowest BCUT2D eigenvalue weighted by molar-refractivity contribution is -0.222. The van der Waals surface area contributed by atoms with Crippen LogP contribution in [0.2, 0.25) is 0 Å². The number of ether oxygens (including phenoxy) is 1. The highest BCUT2D eigenvalue weighted by molar-refractivity contribution is 5.30. The lowest BCUT2D eigenvalue weighted by Crippen LogP contribution is -2.69. The number of hydrogen-bond acceptors (Lipinski definition) is 3. The molecule has 3 aliphatic rings. The van der Waals surface area contributed by atoms with E-state index in [1.54, 1.807) is 0 Å². The summed E-state index contributed by atoms with van der Waals surface area (Å²) in [5.41, 5.74) is 3.26. The van der Waals surface area contributed by atoms with Crippen LogP contribution in [0, 0.1) is 0 Å². The van der Waals surface area contributed by atoms with Gasteiger partial charge in [-0.05, 0) is 17.5 Å². The van der Waals surface area contributed by atoms with Gasteiger partial charge in [0.2, 0.25) is 0 Å². The number of nitrogens with zero attached hydrogens (tertiary/aromatic N) is 1. The SMILES string of the molecule is c1ccc2c(c1)CN[C@H](CN1CC3(CCO3)C1)C2. The zero-order valence-electron chi connectivity index (χ0n) is 10.7. The van der Waals surface area contributed by atoms with Crippen molar-refractivity contribution >= 4 is 0 Å². The average Bonchev–Trinajstić information content (AvgIpc) is 2.31. The van der Waals surface area contributed by atoms with Crippen molar-refractivity contribution in [1.29, 1.82) is 0 Å². The van der Waals surface area contributed by atoms with Gasteiger partial charge < -0.3 is 10.1 Å². The molecule has 18 heavy (non-hydrogen) atoms. The second-order valence-electron chi connectivity index (χ2n) is 6.00. The second kappa shape index (κ2) is 4.05. The predicted octanol–water partition coefficient (Wildman–Crippen LogP) is 1.18. The third kappa shape index (κ3) is 1.78. The highest BCUT2D eigenvalue weighted by Crippen LogP contribution is 2.36. The molecule has 2 fully saturated rings. The largest absolute Gasteiger partial charge is 0.372 e. The monoisotopic (exact) mass is 244 g/mol. The van der Waals surface area contributed by atoms with E-state index < -0.39 is 0 Å². The fraction of sp³-hybridized carbons (Fsp3) is 0.600. The van der Waals surface area contributed by atoms with Crippen LogP contribution in [0.3, 0.4) is 0 Å². The van der Waals surface area contributed by atoms with Gasteiger partial charge in [-0.3, -0.25) is 4.90 Å². The molecule has 3 heterocycles. The summed E-state index contributed by atoms with van der Waals surface area (Å²) in [6.45, 7) is 5.46. The van der Waals surface area contributed by atoms with E-state index in [-0.39, 0.29) is 5.60 Å². The van der Waals surface area contributed by atoms with Crippen molar-refractivity contribution in [2.75, 3.05) is 26.2 Å². The second-order valence-corrected chi connectivity index (χ2v) is 6.00. The lowest BCUT2D eigenvalue weighted by Gasteiger charge is -2.56. The molecule has 1 spiro atoms. The molecule has 3 nitrogen and oxygen atoms in total. The van der Waals surface area contributed by atoms with Gasteiger partial charge in [0.1, 0.15) is 0 Å². The standard InChI is InChI=1S/C15H20N2O/c1-2-4-13-8-16-14(7-12(13)3-1)9-17-10-15(11-17)5-6-18-15/h1-4,14,16H,5-11H2/t14-/m0/s1. The van der Waals surface area contributed by atoms with E-state index >= 15 is 0 Å². The number of hydrogen-bond donors (Lipinski definition) is 1. The van der Waals surface area contributed by atoms with Gasteiger partial charge >= 0.3 is 0 Å². The van der Waals surface area contributed by atoms with Gasteiger partial charge in [-0.25, -0.2) is 0 Å². The van der Waals surface area contributed by atoms with Crippen molar-refractivity contribution in [3.05, 3.63) is 35.4 Å². The van der Waals surface area contributed by atoms with Crippen molar-refractivity contribution in [3.8, 4) is 0 Å². The summed E-state index contributed by atoms with van der Waals surface area (Å²) < 4.78 is 5.67. The summed E-state index contributed by atoms with van der Waals surface area (Å²) in [5.74, 6) is 0. The minimum absolute atomic E-state index is 0.270. The molecule has 2 saturated heterocycles. The van der Waals surface area contributed by atoms with Gasteiger partial charge in [-0.1, -0.05) is 24.3 Å². The average molecular weight is 244 g/mol. The van der Waals surface area contributed by atoms with Crippen LogP contribution in [0.15, 0.2) is 24.3 Å². The van der Waals surface area contributed by atoms with E-state index in [0.29, 0.717) is 6.04 Å². The molecule has 0 aliphatic carbocycles. The summed E-state index contributed by atoms with van der Waals surface area (Å²) in [4.78, 5) is 2.53. The van der Waals surface area contributed by atoms with E-state index in [4.69, 9.17) is 4.74 Å². The molecule has 4 rings (SSSR count). The van der Waals surface area contributed by atoms with Crippen molar-refractivity contribution in [3.63, 3.8) is 0 Å². The van der Waals surface area contributed by atoms with Crippen LogP contribution in [-0.2, 0) is 17.7 Å². The molecule has 1 atom stereocenters. The first kappa shape index (κ1) is 11.0. The molecule has 0 saturated carbocycles. The van der Waals surface area contributed by atoms with Crippen LogP contribution in [0.1, 0.15) is 17.5 Å². The normalized spacial score (nSPS) is 29.4. The molecule has 1 aromatic rings. The molecular weight excluding hydrogens is 224 g/mol.